The molecule has 1 heterocycles. The smallest absolute Gasteiger partial charge is 0.220 e. The van der Waals surface area contributed by atoms with Crippen molar-refractivity contribution in [3.05, 3.63) is 36.0 Å². The molecule has 0 aliphatic rings. The number of hydrogen-bond acceptors (Lipinski definition) is 3. The van der Waals surface area contributed by atoms with Crippen LogP contribution in [-0.4, -0.2) is 37.9 Å². The number of ether oxygens (including phenoxy) is 2. The second-order valence-corrected chi connectivity index (χ2v) is 4.92. The molecule has 1 amide bonds. The average molecular weight is 290 g/mol. The Morgan fingerprint density at radius 3 is 2.81 bits per heavy atom. The molecule has 0 spiro atoms. The minimum atomic E-state index is -0.387. The lowest BCUT2D eigenvalue weighted by atomic mass is 10.1. The first-order valence-electron chi connectivity index (χ1n) is 7.12. The molecule has 1 aromatic carbocycles. The molecule has 5 nitrogen and oxygen atoms in total. The van der Waals surface area contributed by atoms with Crippen molar-refractivity contribution in [1.82, 2.24) is 10.3 Å². The number of fused-ring (bicyclic) bond motifs is 1. The Hall–Kier alpha value is -1.85. The summed E-state index contributed by atoms with van der Waals surface area (Å²) in [5.74, 6) is 0.0222. The van der Waals surface area contributed by atoms with Crippen molar-refractivity contribution in [2.75, 3.05) is 20.8 Å². The van der Waals surface area contributed by atoms with Gasteiger partial charge >= 0.3 is 0 Å². The molecular formula is C16H22N2O3. The van der Waals surface area contributed by atoms with Crippen LogP contribution < -0.4 is 5.32 Å². The highest BCUT2D eigenvalue weighted by Crippen LogP contribution is 2.19. The Balaban J connectivity index is 1.75. The van der Waals surface area contributed by atoms with Gasteiger partial charge in [-0.15, -0.1) is 0 Å². The minimum Gasteiger partial charge on any atom is -0.361 e. The Morgan fingerprint density at radius 2 is 2.05 bits per heavy atom. The Morgan fingerprint density at radius 1 is 1.29 bits per heavy atom. The molecule has 0 unspecified atom stereocenters. The predicted molar refractivity (Wildman–Crippen MR) is 82.1 cm³/mol. The number of benzene rings is 1. The van der Waals surface area contributed by atoms with Gasteiger partial charge in [-0.3, -0.25) is 4.79 Å². The van der Waals surface area contributed by atoms with Crippen molar-refractivity contribution in [2.24, 2.45) is 0 Å². The highest BCUT2D eigenvalue weighted by molar-refractivity contribution is 5.83. The highest BCUT2D eigenvalue weighted by atomic mass is 16.7. The van der Waals surface area contributed by atoms with Crippen LogP contribution >= 0.6 is 0 Å². The molecule has 0 bridgehead atoms. The topological polar surface area (TPSA) is 63.3 Å². The quantitative estimate of drug-likeness (QED) is 0.733. The van der Waals surface area contributed by atoms with Gasteiger partial charge in [-0.1, -0.05) is 18.2 Å². The number of H-pyrrole nitrogens is 1. The number of nitrogens with one attached hydrogen (secondary N) is 2. The highest BCUT2D eigenvalue weighted by Gasteiger charge is 2.08. The van der Waals surface area contributed by atoms with Gasteiger partial charge < -0.3 is 19.8 Å². The third-order valence-electron chi connectivity index (χ3n) is 3.52. The van der Waals surface area contributed by atoms with Gasteiger partial charge in [0.1, 0.15) is 0 Å². The van der Waals surface area contributed by atoms with Gasteiger partial charge in [0.2, 0.25) is 5.91 Å². The zero-order valence-electron chi connectivity index (χ0n) is 12.5. The Kier molecular flexibility index (Phi) is 5.78. The van der Waals surface area contributed by atoms with E-state index in [0.717, 1.165) is 18.4 Å². The molecule has 114 valence electrons. The first kappa shape index (κ1) is 15.5. The van der Waals surface area contributed by atoms with E-state index in [1.165, 1.54) is 10.9 Å². The van der Waals surface area contributed by atoms with E-state index >= 15 is 0 Å². The largest absolute Gasteiger partial charge is 0.361 e. The molecule has 2 N–H and O–H groups in total. The third-order valence-corrected chi connectivity index (χ3v) is 3.52. The van der Waals surface area contributed by atoms with Crippen LogP contribution in [0.4, 0.5) is 0 Å². The molecule has 2 rings (SSSR count). The number of carbonyl (C=O) groups excluding carboxylic acids is 1. The van der Waals surface area contributed by atoms with Gasteiger partial charge in [0.25, 0.3) is 0 Å². The molecule has 21 heavy (non-hydrogen) atoms. The van der Waals surface area contributed by atoms with Crippen LogP contribution in [0.5, 0.6) is 0 Å². The van der Waals surface area contributed by atoms with Crippen LogP contribution in [0.2, 0.25) is 0 Å². The van der Waals surface area contributed by atoms with E-state index in [2.05, 4.69) is 22.4 Å². The second-order valence-electron chi connectivity index (χ2n) is 4.92. The van der Waals surface area contributed by atoms with Crippen molar-refractivity contribution in [3.63, 3.8) is 0 Å². The van der Waals surface area contributed by atoms with E-state index in [-0.39, 0.29) is 12.2 Å². The van der Waals surface area contributed by atoms with Crippen molar-refractivity contribution >= 4 is 16.8 Å². The summed E-state index contributed by atoms with van der Waals surface area (Å²) in [5, 5.41) is 4.04. The average Bonchev–Trinajstić information content (AvgIpc) is 2.92. The second kappa shape index (κ2) is 7.81. The molecule has 2 aromatic rings. The lowest BCUT2D eigenvalue weighted by Crippen LogP contribution is -2.34. The van der Waals surface area contributed by atoms with Crippen molar-refractivity contribution < 1.29 is 14.3 Å². The number of para-hydroxylation sites is 1. The minimum absolute atomic E-state index is 0.0222. The summed E-state index contributed by atoms with van der Waals surface area (Å²) >= 11 is 0. The van der Waals surface area contributed by atoms with Crippen molar-refractivity contribution in [2.45, 2.75) is 25.6 Å². The molecule has 1 aromatic heterocycles. The van der Waals surface area contributed by atoms with Crippen LogP contribution in [0.15, 0.2) is 30.5 Å². The van der Waals surface area contributed by atoms with Gasteiger partial charge in [0.05, 0.1) is 6.54 Å². The number of carbonyl (C=O) groups is 1. The number of aromatic nitrogens is 1. The van der Waals surface area contributed by atoms with E-state index < -0.39 is 0 Å². The predicted octanol–water partition coefficient (Wildman–Crippen LogP) is 2.23. The van der Waals surface area contributed by atoms with E-state index in [1.54, 1.807) is 14.2 Å². The van der Waals surface area contributed by atoms with Crippen LogP contribution in [0.1, 0.15) is 18.4 Å². The van der Waals surface area contributed by atoms with Crippen LogP contribution in [0.3, 0.4) is 0 Å². The van der Waals surface area contributed by atoms with E-state index in [9.17, 15) is 4.79 Å². The Bertz CT molecular complexity index is 576. The maximum Gasteiger partial charge on any atom is 0.220 e. The number of methoxy groups -OCH3 is 2. The molecule has 0 saturated heterocycles. The summed E-state index contributed by atoms with van der Waals surface area (Å²) in [6, 6.07) is 8.20. The lowest BCUT2D eigenvalue weighted by Gasteiger charge is -2.13. The van der Waals surface area contributed by atoms with Crippen LogP contribution in [-0.2, 0) is 20.7 Å². The summed E-state index contributed by atoms with van der Waals surface area (Å²) in [6.07, 6.45) is 3.84. The van der Waals surface area contributed by atoms with Gasteiger partial charge in [0.15, 0.2) is 6.29 Å². The number of aryl methyl sites for hydroxylation is 1. The van der Waals surface area contributed by atoms with Gasteiger partial charge in [0, 0.05) is 37.7 Å². The summed E-state index contributed by atoms with van der Waals surface area (Å²) in [7, 11) is 3.11. The maximum atomic E-state index is 11.7. The number of amides is 1. The lowest BCUT2D eigenvalue weighted by molar-refractivity contribution is -0.127. The van der Waals surface area contributed by atoms with Crippen LogP contribution in [0, 0.1) is 0 Å². The fourth-order valence-corrected chi connectivity index (χ4v) is 2.33. The third kappa shape index (κ3) is 4.31. The van der Waals surface area contributed by atoms with Crippen molar-refractivity contribution in [3.8, 4) is 0 Å². The fraction of sp³-hybridized carbons (Fsp3) is 0.438. The molecule has 0 aliphatic carbocycles. The normalized spacial score (nSPS) is 11.2. The molecule has 0 saturated carbocycles. The van der Waals surface area contributed by atoms with Crippen molar-refractivity contribution in [1.29, 1.82) is 0 Å². The monoisotopic (exact) mass is 290 g/mol. The zero-order chi connectivity index (χ0) is 15.1. The molecule has 0 atom stereocenters. The Labute approximate surface area is 124 Å². The molecule has 0 radical (unpaired) electrons. The summed E-state index contributed by atoms with van der Waals surface area (Å²) in [4.78, 5) is 15.0. The summed E-state index contributed by atoms with van der Waals surface area (Å²) in [5.41, 5.74) is 2.39. The molecule has 0 aliphatic heterocycles. The van der Waals surface area contributed by atoms with E-state index in [1.807, 2.05) is 18.3 Å². The zero-order valence-corrected chi connectivity index (χ0v) is 12.5. The fourth-order valence-electron chi connectivity index (χ4n) is 2.33. The number of aromatic amines is 1. The summed E-state index contributed by atoms with van der Waals surface area (Å²) in [6.45, 7) is 0.374. The molecular weight excluding hydrogens is 268 g/mol. The first-order chi connectivity index (χ1) is 10.2. The first-order valence-corrected chi connectivity index (χ1v) is 7.12. The van der Waals surface area contributed by atoms with Gasteiger partial charge in [-0.2, -0.15) is 0 Å². The van der Waals surface area contributed by atoms with Gasteiger partial charge in [-0.05, 0) is 24.5 Å². The maximum absolute atomic E-state index is 11.7. The SMILES string of the molecule is COC(CNC(=O)CCCc1c[nH]c2ccccc12)OC. The van der Waals surface area contributed by atoms with E-state index in [4.69, 9.17) is 9.47 Å². The summed E-state index contributed by atoms with van der Waals surface area (Å²) < 4.78 is 10.0. The van der Waals surface area contributed by atoms with Crippen LogP contribution in [0.25, 0.3) is 10.9 Å². The number of hydrogen-bond donors (Lipinski definition) is 2. The standard InChI is InChI=1S/C16H22N2O3/c1-20-16(21-2)11-18-15(19)9-5-6-12-10-17-14-8-4-3-7-13(12)14/h3-4,7-8,10,16-17H,5-6,9,11H2,1-2H3,(H,18,19). The number of rotatable bonds is 8. The molecule has 5 heteroatoms. The molecule has 0 fully saturated rings. The van der Waals surface area contributed by atoms with Gasteiger partial charge in [-0.25, -0.2) is 0 Å². The van der Waals surface area contributed by atoms with E-state index in [0.29, 0.717) is 13.0 Å².